The minimum absolute atomic E-state index is 0. The standard InChI is InChI=1S/C20H31N7O.HI/c1-15(2)18-12-17(28-25-18)14-24-20(21-3)23-13-16-6-5-7-22-19(16)27-10-8-26(4)9-11-27;/h5-7,12,15H,8-11,13-14H2,1-4H3,(H2,21,23,24);1H. The lowest BCUT2D eigenvalue weighted by atomic mass is 10.1. The van der Waals surface area contributed by atoms with Gasteiger partial charge in [-0.15, -0.1) is 24.0 Å². The first-order valence-electron chi connectivity index (χ1n) is 9.84. The number of piperazine rings is 1. The van der Waals surface area contributed by atoms with Crippen LogP contribution in [0.1, 0.15) is 36.8 Å². The Hall–Kier alpha value is -1.88. The highest BCUT2D eigenvalue weighted by atomic mass is 127. The Morgan fingerprint density at radius 3 is 2.59 bits per heavy atom. The third kappa shape index (κ3) is 6.56. The maximum atomic E-state index is 5.37. The van der Waals surface area contributed by atoms with Gasteiger partial charge in [0.2, 0.25) is 0 Å². The molecule has 3 heterocycles. The van der Waals surface area contributed by atoms with Crippen molar-refractivity contribution < 1.29 is 4.52 Å². The first-order chi connectivity index (χ1) is 13.6. The molecule has 2 N–H and O–H groups in total. The minimum atomic E-state index is 0. The molecular formula is C20H32IN7O. The molecule has 0 spiro atoms. The Labute approximate surface area is 190 Å². The van der Waals surface area contributed by atoms with Gasteiger partial charge >= 0.3 is 0 Å². The molecule has 9 heteroatoms. The van der Waals surface area contributed by atoms with Gasteiger partial charge in [0.15, 0.2) is 11.7 Å². The molecule has 0 aromatic carbocycles. The van der Waals surface area contributed by atoms with E-state index in [-0.39, 0.29) is 24.0 Å². The topological polar surface area (TPSA) is 81.8 Å². The Kier molecular flexibility index (Phi) is 9.15. The molecule has 2 aromatic rings. The first kappa shape index (κ1) is 23.4. The van der Waals surface area contributed by atoms with Crippen LogP contribution in [0, 0.1) is 0 Å². The van der Waals surface area contributed by atoms with Gasteiger partial charge in [-0.3, -0.25) is 4.99 Å². The largest absolute Gasteiger partial charge is 0.359 e. The van der Waals surface area contributed by atoms with Crippen molar-refractivity contribution in [2.75, 3.05) is 45.2 Å². The van der Waals surface area contributed by atoms with Crippen molar-refractivity contribution >= 4 is 35.8 Å². The molecule has 0 bridgehead atoms. The third-order valence-corrected chi connectivity index (χ3v) is 4.94. The van der Waals surface area contributed by atoms with E-state index in [9.17, 15) is 0 Å². The van der Waals surface area contributed by atoms with Crippen LogP contribution in [0.2, 0.25) is 0 Å². The number of pyridine rings is 1. The normalized spacial score (nSPS) is 15.3. The van der Waals surface area contributed by atoms with E-state index in [1.165, 1.54) is 0 Å². The average Bonchev–Trinajstić information content (AvgIpc) is 3.18. The van der Waals surface area contributed by atoms with E-state index in [1.807, 2.05) is 18.3 Å². The maximum Gasteiger partial charge on any atom is 0.191 e. The van der Waals surface area contributed by atoms with Crippen LogP contribution >= 0.6 is 24.0 Å². The minimum Gasteiger partial charge on any atom is -0.359 e. The predicted molar refractivity (Wildman–Crippen MR) is 127 cm³/mol. The number of aliphatic imine (C=N–C) groups is 1. The third-order valence-electron chi connectivity index (χ3n) is 4.94. The number of nitrogens with zero attached hydrogens (tertiary/aromatic N) is 5. The molecular weight excluding hydrogens is 481 g/mol. The number of likely N-dealkylation sites (N-methyl/N-ethyl adjacent to an activating group) is 1. The lowest BCUT2D eigenvalue weighted by molar-refractivity contribution is 0.312. The second kappa shape index (κ2) is 11.3. The Morgan fingerprint density at radius 2 is 1.93 bits per heavy atom. The molecule has 8 nitrogen and oxygen atoms in total. The van der Waals surface area contributed by atoms with Crippen molar-refractivity contribution in [3.63, 3.8) is 0 Å². The molecule has 0 radical (unpaired) electrons. The van der Waals surface area contributed by atoms with E-state index in [1.54, 1.807) is 7.05 Å². The number of nitrogens with one attached hydrogen (secondary N) is 2. The maximum absolute atomic E-state index is 5.37. The summed E-state index contributed by atoms with van der Waals surface area (Å²) in [5.41, 5.74) is 2.13. The van der Waals surface area contributed by atoms with Crippen molar-refractivity contribution in [1.82, 2.24) is 25.7 Å². The zero-order valence-corrected chi connectivity index (χ0v) is 20.0. The molecule has 160 valence electrons. The van der Waals surface area contributed by atoms with E-state index in [0.29, 0.717) is 19.0 Å². The molecule has 3 rings (SSSR count). The van der Waals surface area contributed by atoms with Gasteiger partial charge in [0.1, 0.15) is 5.82 Å². The van der Waals surface area contributed by atoms with Crippen LogP contribution in [0.3, 0.4) is 0 Å². The number of aromatic nitrogens is 2. The highest BCUT2D eigenvalue weighted by Crippen LogP contribution is 2.18. The van der Waals surface area contributed by atoms with E-state index in [4.69, 9.17) is 4.52 Å². The zero-order valence-electron chi connectivity index (χ0n) is 17.7. The Balaban J connectivity index is 0.00000300. The molecule has 0 unspecified atom stereocenters. The monoisotopic (exact) mass is 513 g/mol. The fraction of sp³-hybridized carbons (Fsp3) is 0.550. The van der Waals surface area contributed by atoms with Gasteiger partial charge in [0.05, 0.1) is 12.2 Å². The number of halogens is 1. The molecule has 0 amide bonds. The summed E-state index contributed by atoms with van der Waals surface area (Å²) in [4.78, 5) is 13.6. The van der Waals surface area contributed by atoms with Gasteiger partial charge in [0, 0.05) is 57.6 Å². The summed E-state index contributed by atoms with van der Waals surface area (Å²) in [6.07, 6.45) is 1.86. The summed E-state index contributed by atoms with van der Waals surface area (Å²) in [6, 6.07) is 6.08. The van der Waals surface area contributed by atoms with E-state index in [0.717, 1.165) is 55.0 Å². The van der Waals surface area contributed by atoms with E-state index in [2.05, 4.69) is 62.5 Å². The molecule has 0 aliphatic carbocycles. The van der Waals surface area contributed by atoms with Gasteiger partial charge in [0.25, 0.3) is 0 Å². The van der Waals surface area contributed by atoms with Crippen LogP contribution in [0.15, 0.2) is 33.9 Å². The second-order valence-electron chi connectivity index (χ2n) is 7.43. The van der Waals surface area contributed by atoms with Crippen LogP contribution in [0.25, 0.3) is 0 Å². The van der Waals surface area contributed by atoms with Gasteiger partial charge in [-0.1, -0.05) is 25.1 Å². The summed E-state index contributed by atoms with van der Waals surface area (Å²) in [6.45, 7) is 9.50. The van der Waals surface area contributed by atoms with Gasteiger partial charge in [-0.2, -0.15) is 0 Å². The lowest BCUT2D eigenvalue weighted by Crippen LogP contribution is -2.45. The molecule has 0 saturated carbocycles. The molecule has 1 saturated heterocycles. The first-order valence-corrected chi connectivity index (χ1v) is 9.84. The molecule has 2 aromatic heterocycles. The fourth-order valence-electron chi connectivity index (χ4n) is 3.13. The van der Waals surface area contributed by atoms with Crippen LogP contribution < -0.4 is 15.5 Å². The van der Waals surface area contributed by atoms with Crippen LogP contribution in [0.4, 0.5) is 5.82 Å². The highest BCUT2D eigenvalue weighted by Gasteiger charge is 2.18. The fourth-order valence-corrected chi connectivity index (χ4v) is 3.13. The predicted octanol–water partition coefficient (Wildman–Crippen LogP) is 2.43. The number of hydrogen-bond donors (Lipinski definition) is 2. The highest BCUT2D eigenvalue weighted by molar-refractivity contribution is 14.0. The second-order valence-corrected chi connectivity index (χ2v) is 7.43. The Morgan fingerprint density at radius 1 is 1.21 bits per heavy atom. The molecule has 1 aliphatic rings. The molecule has 29 heavy (non-hydrogen) atoms. The van der Waals surface area contributed by atoms with Gasteiger partial charge in [-0.05, 0) is 19.0 Å². The molecule has 1 fully saturated rings. The summed E-state index contributed by atoms with van der Waals surface area (Å²) in [7, 11) is 3.92. The van der Waals surface area contributed by atoms with Crippen molar-refractivity contribution in [3.05, 3.63) is 41.4 Å². The van der Waals surface area contributed by atoms with Crippen molar-refractivity contribution in [1.29, 1.82) is 0 Å². The summed E-state index contributed by atoms with van der Waals surface area (Å²) in [5.74, 6) is 2.92. The zero-order chi connectivity index (χ0) is 19.9. The summed E-state index contributed by atoms with van der Waals surface area (Å²) < 4.78 is 5.37. The average molecular weight is 513 g/mol. The van der Waals surface area contributed by atoms with Crippen LogP contribution in [-0.2, 0) is 13.1 Å². The SMILES string of the molecule is CN=C(NCc1cc(C(C)C)no1)NCc1cccnc1N1CCN(C)CC1.I. The number of anilines is 1. The summed E-state index contributed by atoms with van der Waals surface area (Å²) >= 11 is 0. The van der Waals surface area contributed by atoms with Gasteiger partial charge in [-0.25, -0.2) is 4.98 Å². The van der Waals surface area contributed by atoms with E-state index < -0.39 is 0 Å². The van der Waals surface area contributed by atoms with Crippen molar-refractivity contribution in [3.8, 4) is 0 Å². The Bertz CT molecular complexity index is 785. The number of hydrogen-bond acceptors (Lipinski definition) is 6. The quantitative estimate of drug-likeness (QED) is 0.349. The van der Waals surface area contributed by atoms with Crippen LogP contribution in [0.5, 0.6) is 0 Å². The number of rotatable bonds is 6. The molecule has 1 aliphatic heterocycles. The smallest absolute Gasteiger partial charge is 0.191 e. The van der Waals surface area contributed by atoms with Gasteiger partial charge < -0.3 is 25.0 Å². The van der Waals surface area contributed by atoms with Crippen molar-refractivity contribution in [2.24, 2.45) is 4.99 Å². The van der Waals surface area contributed by atoms with Crippen molar-refractivity contribution in [2.45, 2.75) is 32.9 Å². The van der Waals surface area contributed by atoms with Crippen LogP contribution in [-0.4, -0.2) is 61.3 Å². The lowest BCUT2D eigenvalue weighted by Gasteiger charge is -2.34. The molecule has 0 atom stereocenters. The number of guanidine groups is 1. The van der Waals surface area contributed by atoms with E-state index >= 15 is 0 Å². The summed E-state index contributed by atoms with van der Waals surface area (Å²) in [5, 5.41) is 10.7.